The Hall–Kier alpha value is -0.530. The van der Waals surface area contributed by atoms with Crippen molar-refractivity contribution in [1.82, 2.24) is 0 Å². The predicted octanol–water partition coefficient (Wildman–Crippen LogP) is 4.86. The van der Waals surface area contributed by atoms with Crippen molar-refractivity contribution in [3.05, 3.63) is 35.4 Å². The van der Waals surface area contributed by atoms with Gasteiger partial charge in [0.15, 0.2) is 0 Å². The predicted molar refractivity (Wildman–Crippen MR) is 79.2 cm³/mol. The van der Waals surface area contributed by atoms with Crippen LogP contribution in [0.15, 0.2) is 24.3 Å². The lowest BCUT2D eigenvalue weighted by Gasteiger charge is -2.10. The Kier molecular flexibility index (Phi) is 8.11. The first-order valence-electron chi connectivity index (χ1n) is 7.11. The van der Waals surface area contributed by atoms with Crippen LogP contribution in [0.3, 0.4) is 0 Å². The van der Waals surface area contributed by atoms with Crippen LogP contribution in [0.4, 0.5) is 0 Å². The summed E-state index contributed by atoms with van der Waals surface area (Å²) in [6.07, 6.45) is 8.01. The topological polar surface area (TPSA) is 20.2 Å². The van der Waals surface area contributed by atoms with E-state index in [1.54, 1.807) is 0 Å². The minimum atomic E-state index is 0.0336. The van der Waals surface area contributed by atoms with Gasteiger partial charge in [-0.25, -0.2) is 0 Å². The molecule has 1 atom stereocenters. The van der Waals surface area contributed by atoms with E-state index in [9.17, 15) is 0 Å². The maximum absolute atomic E-state index is 8.79. The number of unbranched alkanes of at least 4 members (excludes halogenated alkanes) is 3. The molecule has 1 aromatic rings. The first-order chi connectivity index (χ1) is 8.77. The van der Waals surface area contributed by atoms with Crippen LogP contribution in [-0.2, 0) is 6.42 Å². The summed E-state index contributed by atoms with van der Waals surface area (Å²) in [6.45, 7) is 2.46. The molecule has 0 aromatic heterocycles. The van der Waals surface area contributed by atoms with Gasteiger partial charge >= 0.3 is 0 Å². The molecule has 0 heterocycles. The summed E-state index contributed by atoms with van der Waals surface area (Å²) < 4.78 is 0. The second kappa shape index (κ2) is 9.41. The zero-order valence-corrected chi connectivity index (χ0v) is 12.1. The highest BCUT2D eigenvalue weighted by Gasteiger charge is 2.06. The summed E-state index contributed by atoms with van der Waals surface area (Å²) in [6, 6.07) is 8.64. The van der Waals surface area contributed by atoms with Gasteiger partial charge in [0.25, 0.3) is 0 Å². The van der Waals surface area contributed by atoms with Crippen molar-refractivity contribution in [2.45, 2.75) is 57.2 Å². The van der Waals surface area contributed by atoms with E-state index in [0.29, 0.717) is 0 Å². The normalized spacial score (nSPS) is 12.6. The second-order valence-corrected chi connectivity index (χ2v) is 5.41. The molecule has 0 spiro atoms. The largest absolute Gasteiger partial charge is 0.396 e. The zero-order chi connectivity index (χ0) is 13.2. The van der Waals surface area contributed by atoms with Crippen molar-refractivity contribution in [1.29, 1.82) is 0 Å². The van der Waals surface area contributed by atoms with E-state index in [1.165, 1.54) is 43.2 Å². The van der Waals surface area contributed by atoms with E-state index in [1.807, 2.05) is 0 Å². The molecule has 102 valence electrons. The van der Waals surface area contributed by atoms with E-state index < -0.39 is 0 Å². The molecule has 1 unspecified atom stereocenters. The van der Waals surface area contributed by atoms with Crippen molar-refractivity contribution in [3.63, 3.8) is 0 Å². The van der Waals surface area contributed by atoms with Crippen LogP contribution < -0.4 is 0 Å². The number of benzene rings is 1. The molecule has 0 saturated carbocycles. The van der Waals surface area contributed by atoms with Gasteiger partial charge < -0.3 is 5.11 Å². The number of hydrogen-bond acceptors (Lipinski definition) is 1. The number of alkyl halides is 1. The number of rotatable bonds is 9. The van der Waals surface area contributed by atoms with Crippen molar-refractivity contribution in [2.24, 2.45) is 0 Å². The monoisotopic (exact) mass is 268 g/mol. The number of aliphatic hydroxyl groups is 1. The quantitative estimate of drug-likeness (QED) is 0.501. The third-order valence-electron chi connectivity index (χ3n) is 3.28. The maximum atomic E-state index is 8.79. The van der Waals surface area contributed by atoms with E-state index in [4.69, 9.17) is 16.7 Å². The molecule has 0 bridgehead atoms. The Morgan fingerprint density at radius 2 is 1.78 bits per heavy atom. The molecule has 0 aliphatic rings. The molecule has 1 rings (SSSR count). The Morgan fingerprint density at radius 1 is 1.06 bits per heavy atom. The number of aryl methyl sites for hydroxylation is 1. The third-order valence-corrected chi connectivity index (χ3v) is 3.75. The minimum Gasteiger partial charge on any atom is -0.396 e. The molecule has 0 radical (unpaired) electrons. The fraction of sp³-hybridized carbons (Fsp3) is 0.625. The zero-order valence-electron chi connectivity index (χ0n) is 11.4. The van der Waals surface area contributed by atoms with Gasteiger partial charge in [0, 0.05) is 6.61 Å². The van der Waals surface area contributed by atoms with Crippen LogP contribution in [0.5, 0.6) is 0 Å². The van der Waals surface area contributed by atoms with Crippen molar-refractivity contribution >= 4 is 11.6 Å². The van der Waals surface area contributed by atoms with Crippen LogP contribution >= 0.6 is 11.6 Å². The highest BCUT2D eigenvalue weighted by molar-refractivity contribution is 6.20. The second-order valence-electron chi connectivity index (χ2n) is 4.89. The van der Waals surface area contributed by atoms with Gasteiger partial charge in [-0.15, -0.1) is 11.6 Å². The first kappa shape index (κ1) is 15.5. The smallest absolute Gasteiger partial charge is 0.0586 e. The van der Waals surface area contributed by atoms with Crippen LogP contribution in [0.2, 0.25) is 0 Å². The summed E-state index contributed by atoms with van der Waals surface area (Å²) >= 11 is 6.27. The lowest BCUT2D eigenvalue weighted by molar-refractivity contribution is 0.284. The molecule has 0 saturated heterocycles. The summed E-state index contributed by atoms with van der Waals surface area (Å²) in [7, 11) is 0. The summed E-state index contributed by atoms with van der Waals surface area (Å²) in [5, 5.41) is 8.82. The van der Waals surface area contributed by atoms with E-state index in [0.717, 1.165) is 12.8 Å². The van der Waals surface area contributed by atoms with E-state index in [2.05, 4.69) is 31.2 Å². The van der Waals surface area contributed by atoms with Gasteiger partial charge in [-0.2, -0.15) is 0 Å². The van der Waals surface area contributed by atoms with Crippen LogP contribution in [0.1, 0.15) is 62.0 Å². The maximum Gasteiger partial charge on any atom is 0.0586 e. The van der Waals surface area contributed by atoms with Gasteiger partial charge in [-0.05, 0) is 36.8 Å². The molecule has 18 heavy (non-hydrogen) atoms. The molecule has 1 aromatic carbocycles. The Bertz CT molecular complexity index is 307. The average molecular weight is 269 g/mol. The van der Waals surface area contributed by atoms with Gasteiger partial charge in [0.2, 0.25) is 0 Å². The van der Waals surface area contributed by atoms with Crippen molar-refractivity contribution in [3.8, 4) is 0 Å². The van der Waals surface area contributed by atoms with E-state index in [-0.39, 0.29) is 12.0 Å². The molecule has 2 heteroatoms. The van der Waals surface area contributed by atoms with Crippen LogP contribution in [0.25, 0.3) is 0 Å². The fourth-order valence-electron chi connectivity index (χ4n) is 2.09. The number of hydrogen-bond donors (Lipinski definition) is 1. The Balaban J connectivity index is 2.37. The molecule has 0 fully saturated rings. The molecule has 0 aliphatic carbocycles. The minimum absolute atomic E-state index is 0.0336. The average Bonchev–Trinajstić information content (AvgIpc) is 2.41. The molecule has 1 N–H and O–H groups in total. The molecular weight excluding hydrogens is 244 g/mol. The number of halogens is 1. The number of aliphatic hydroxyl groups excluding tert-OH is 1. The Morgan fingerprint density at radius 3 is 2.39 bits per heavy atom. The molecular formula is C16H25ClO. The molecule has 0 aliphatic heterocycles. The first-order valence-corrected chi connectivity index (χ1v) is 7.55. The Labute approximate surface area is 116 Å². The standard InChI is InChI=1S/C16H25ClO/c1-2-3-4-5-7-14-9-11-15(12-10-14)16(17)8-6-13-18/h9-12,16,18H,2-8,13H2,1H3. The fourth-order valence-corrected chi connectivity index (χ4v) is 2.39. The molecule has 1 nitrogen and oxygen atoms in total. The van der Waals surface area contributed by atoms with Crippen molar-refractivity contribution in [2.75, 3.05) is 6.61 Å². The van der Waals surface area contributed by atoms with Gasteiger partial charge in [-0.3, -0.25) is 0 Å². The SMILES string of the molecule is CCCCCCc1ccc(C(Cl)CCCO)cc1. The summed E-state index contributed by atoms with van der Waals surface area (Å²) in [5.41, 5.74) is 2.57. The summed E-state index contributed by atoms with van der Waals surface area (Å²) in [4.78, 5) is 0. The third kappa shape index (κ3) is 5.88. The van der Waals surface area contributed by atoms with Gasteiger partial charge in [-0.1, -0.05) is 50.5 Å². The van der Waals surface area contributed by atoms with Gasteiger partial charge in [0.05, 0.1) is 5.38 Å². The van der Waals surface area contributed by atoms with Crippen molar-refractivity contribution < 1.29 is 5.11 Å². The van der Waals surface area contributed by atoms with Crippen LogP contribution in [0, 0.1) is 0 Å². The lowest BCUT2D eigenvalue weighted by Crippen LogP contribution is -1.94. The highest BCUT2D eigenvalue weighted by atomic mass is 35.5. The van der Waals surface area contributed by atoms with Gasteiger partial charge in [0.1, 0.15) is 0 Å². The highest BCUT2D eigenvalue weighted by Crippen LogP contribution is 2.25. The summed E-state index contributed by atoms with van der Waals surface area (Å²) in [5.74, 6) is 0. The molecule has 0 amide bonds. The van der Waals surface area contributed by atoms with Crippen LogP contribution in [-0.4, -0.2) is 11.7 Å². The van der Waals surface area contributed by atoms with E-state index >= 15 is 0 Å². The lowest BCUT2D eigenvalue weighted by atomic mass is 10.0.